The molecule has 0 spiro atoms. The number of nitrogens with zero attached hydrogens (tertiary/aromatic N) is 2. The maximum Gasteiger partial charge on any atom is 0.176 e. The van der Waals surface area contributed by atoms with E-state index in [0.29, 0.717) is 0 Å². The van der Waals surface area contributed by atoms with E-state index in [4.69, 9.17) is 0 Å². The minimum atomic E-state index is 0. The first-order valence-electron chi connectivity index (χ1n) is 6.77. The molecule has 0 aliphatic carbocycles. The lowest BCUT2D eigenvalue weighted by Crippen LogP contribution is -3.00. The lowest BCUT2D eigenvalue weighted by molar-refractivity contribution is -0.515. The van der Waals surface area contributed by atoms with Crippen molar-refractivity contribution in [3.05, 3.63) is 35.9 Å². The van der Waals surface area contributed by atoms with Gasteiger partial charge in [-0.05, 0) is 30.7 Å². The fraction of sp³-hybridized carbons (Fsp3) is 0.438. The van der Waals surface area contributed by atoms with E-state index in [1.54, 1.807) is 0 Å². The zero-order valence-electron chi connectivity index (χ0n) is 12.1. The summed E-state index contributed by atoms with van der Waals surface area (Å²) in [6.07, 6.45) is 7.02. The van der Waals surface area contributed by atoms with Crippen LogP contribution in [0.4, 0.5) is 5.69 Å². The summed E-state index contributed by atoms with van der Waals surface area (Å²) in [6.45, 7) is 4.57. The summed E-state index contributed by atoms with van der Waals surface area (Å²) in [6, 6.07) is 8.68. The number of rotatable bonds is 4. The number of benzene rings is 1. The lowest BCUT2D eigenvalue weighted by atomic mass is 10.1. The first kappa shape index (κ1) is 16.2. The molecule has 0 bridgehead atoms. The van der Waals surface area contributed by atoms with Gasteiger partial charge in [0.05, 0.1) is 0 Å². The van der Waals surface area contributed by atoms with Crippen LogP contribution >= 0.6 is 0 Å². The van der Waals surface area contributed by atoms with Crippen LogP contribution in [0.25, 0.3) is 6.08 Å². The Hall–Kier alpha value is -0.840. The van der Waals surface area contributed by atoms with E-state index in [2.05, 4.69) is 66.9 Å². The van der Waals surface area contributed by atoms with Gasteiger partial charge >= 0.3 is 0 Å². The van der Waals surface area contributed by atoms with E-state index in [-0.39, 0.29) is 24.0 Å². The summed E-state index contributed by atoms with van der Waals surface area (Å²) in [5, 5.41) is 0. The van der Waals surface area contributed by atoms with Gasteiger partial charge in [-0.25, -0.2) is 4.58 Å². The molecule has 0 unspecified atom stereocenters. The van der Waals surface area contributed by atoms with Gasteiger partial charge in [-0.1, -0.05) is 12.1 Å². The van der Waals surface area contributed by atoms with E-state index in [1.165, 1.54) is 36.3 Å². The molecule has 0 radical (unpaired) electrons. The van der Waals surface area contributed by atoms with Crippen LogP contribution < -0.4 is 28.9 Å². The Kier molecular flexibility index (Phi) is 6.55. The molecule has 19 heavy (non-hydrogen) atoms. The normalized spacial score (nSPS) is 14.9. The summed E-state index contributed by atoms with van der Waals surface area (Å²) in [4.78, 5) is 2.12. The van der Waals surface area contributed by atoms with Crippen LogP contribution in [0.5, 0.6) is 0 Å². The molecule has 0 saturated heterocycles. The van der Waals surface area contributed by atoms with Gasteiger partial charge in [-0.2, -0.15) is 0 Å². The lowest BCUT2D eigenvalue weighted by Gasteiger charge is -2.11. The number of anilines is 1. The van der Waals surface area contributed by atoms with Crippen LogP contribution in [0, 0.1) is 0 Å². The molecule has 1 aromatic carbocycles. The highest BCUT2D eigenvalue weighted by Crippen LogP contribution is 2.14. The Bertz CT molecular complexity index is 458. The molecule has 1 heterocycles. The third-order valence-electron chi connectivity index (χ3n) is 3.53. The van der Waals surface area contributed by atoms with E-state index in [1.807, 2.05) is 0 Å². The molecule has 0 N–H and O–H groups in total. The van der Waals surface area contributed by atoms with E-state index >= 15 is 0 Å². The average Bonchev–Trinajstić information content (AvgIpc) is 2.84. The topological polar surface area (TPSA) is 6.25 Å². The number of hydrogen-bond donors (Lipinski definition) is 0. The predicted octanol–water partition coefficient (Wildman–Crippen LogP) is 0.0370. The van der Waals surface area contributed by atoms with Gasteiger partial charge in [0.25, 0.3) is 0 Å². The van der Waals surface area contributed by atoms with Crippen molar-refractivity contribution in [3.8, 4) is 0 Å². The van der Waals surface area contributed by atoms with Gasteiger partial charge in [-0.15, -0.1) is 0 Å². The van der Waals surface area contributed by atoms with E-state index < -0.39 is 0 Å². The molecule has 0 fully saturated rings. The number of halogens is 1. The first-order valence-corrected chi connectivity index (χ1v) is 6.77. The first-order chi connectivity index (χ1) is 8.70. The minimum Gasteiger partial charge on any atom is -1.00 e. The zero-order valence-corrected chi connectivity index (χ0v) is 14.2. The third-order valence-corrected chi connectivity index (χ3v) is 3.53. The third kappa shape index (κ3) is 4.34. The van der Waals surface area contributed by atoms with Crippen LogP contribution in [0.1, 0.15) is 25.3 Å². The van der Waals surface area contributed by atoms with Crippen LogP contribution in [0.2, 0.25) is 0 Å². The SMILES string of the molecule is CC[N+]1=C(C=Cc2ccc(N(C)C)cc2)CCC1.[I-]. The summed E-state index contributed by atoms with van der Waals surface area (Å²) in [7, 11) is 4.14. The van der Waals surface area contributed by atoms with E-state index in [9.17, 15) is 0 Å². The van der Waals surface area contributed by atoms with Crippen LogP contribution in [0.3, 0.4) is 0 Å². The van der Waals surface area contributed by atoms with Gasteiger partial charge < -0.3 is 28.9 Å². The monoisotopic (exact) mass is 370 g/mol. The number of hydrogen-bond acceptors (Lipinski definition) is 1. The Morgan fingerprint density at radius 1 is 1.16 bits per heavy atom. The van der Waals surface area contributed by atoms with Crippen LogP contribution in [-0.4, -0.2) is 37.5 Å². The molecule has 1 aliphatic rings. The van der Waals surface area contributed by atoms with Gasteiger partial charge in [0, 0.05) is 38.7 Å². The van der Waals surface area contributed by atoms with Crippen molar-refractivity contribution in [1.29, 1.82) is 0 Å². The quantitative estimate of drug-likeness (QED) is 0.536. The molecule has 0 amide bonds. The molecule has 0 aromatic heterocycles. The molecule has 2 rings (SSSR count). The van der Waals surface area contributed by atoms with Gasteiger partial charge in [0.2, 0.25) is 0 Å². The Morgan fingerprint density at radius 3 is 2.42 bits per heavy atom. The molecule has 1 aliphatic heterocycles. The fourth-order valence-corrected chi connectivity index (χ4v) is 2.38. The zero-order chi connectivity index (χ0) is 13.0. The molecular weight excluding hydrogens is 347 g/mol. The van der Waals surface area contributed by atoms with Gasteiger partial charge in [-0.3, -0.25) is 0 Å². The minimum absolute atomic E-state index is 0. The van der Waals surface area contributed by atoms with Gasteiger partial charge in [0.15, 0.2) is 5.71 Å². The maximum absolute atomic E-state index is 2.46. The standard InChI is InChI=1S/C16H23N2.HI/c1-4-18-13-5-6-16(18)12-9-14-7-10-15(11-8-14)17(2)3;/h7-12H,4-6,13H2,1-3H3;1H/q+1;/p-1. The highest BCUT2D eigenvalue weighted by molar-refractivity contribution is 5.95. The second-order valence-electron chi connectivity index (χ2n) is 4.99. The summed E-state index contributed by atoms with van der Waals surface area (Å²) in [5.74, 6) is 0. The summed E-state index contributed by atoms with van der Waals surface area (Å²) >= 11 is 0. The second-order valence-corrected chi connectivity index (χ2v) is 4.99. The average molecular weight is 370 g/mol. The van der Waals surface area contributed by atoms with Crippen molar-refractivity contribution in [2.24, 2.45) is 0 Å². The molecule has 0 saturated carbocycles. The molecular formula is C16H23IN2. The summed E-state index contributed by atoms with van der Waals surface area (Å²) < 4.78 is 2.46. The van der Waals surface area contributed by atoms with Crippen LogP contribution in [0.15, 0.2) is 30.3 Å². The van der Waals surface area contributed by atoms with Crippen molar-refractivity contribution >= 4 is 17.5 Å². The molecule has 0 atom stereocenters. The van der Waals surface area contributed by atoms with Crippen molar-refractivity contribution in [1.82, 2.24) is 0 Å². The molecule has 3 heteroatoms. The smallest absolute Gasteiger partial charge is 0.176 e. The maximum atomic E-state index is 2.46. The predicted molar refractivity (Wildman–Crippen MR) is 79.7 cm³/mol. The molecule has 104 valence electrons. The van der Waals surface area contributed by atoms with Crippen molar-refractivity contribution < 1.29 is 28.6 Å². The molecule has 1 aromatic rings. The molecule has 2 nitrogen and oxygen atoms in total. The second kappa shape index (κ2) is 7.68. The summed E-state index contributed by atoms with van der Waals surface area (Å²) in [5.41, 5.74) is 4.00. The van der Waals surface area contributed by atoms with Crippen molar-refractivity contribution in [2.75, 3.05) is 32.1 Å². The highest BCUT2D eigenvalue weighted by atomic mass is 127. The Labute approximate surface area is 133 Å². The largest absolute Gasteiger partial charge is 1.00 e. The highest BCUT2D eigenvalue weighted by Gasteiger charge is 2.17. The Balaban J connectivity index is 0.00000180. The van der Waals surface area contributed by atoms with E-state index in [0.717, 1.165) is 6.54 Å². The number of allylic oxidation sites excluding steroid dienone is 1. The Morgan fingerprint density at radius 2 is 1.84 bits per heavy atom. The van der Waals surface area contributed by atoms with Crippen LogP contribution in [-0.2, 0) is 0 Å². The fourth-order valence-electron chi connectivity index (χ4n) is 2.38. The van der Waals surface area contributed by atoms with Gasteiger partial charge in [0.1, 0.15) is 13.1 Å². The van der Waals surface area contributed by atoms with Crippen molar-refractivity contribution in [3.63, 3.8) is 0 Å². The van der Waals surface area contributed by atoms with Crippen molar-refractivity contribution in [2.45, 2.75) is 19.8 Å².